The van der Waals surface area contributed by atoms with Gasteiger partial charge in [-0.3, -0.25) is 0 Å². The zero-order valence-corrected chi connectivity index (χ0v) is 10.6. The van der Waals surface area contributed by atoms with Crippen LogP contribution >= 0.6 is 0 Å². The average Bonchev–Trinajstić information content (AvgIpc) is 2.40. The monoisotopic (exact) mass is 253 g/mol. The van der Waals surface area contributed by atoms with Crippen LogP contribution in [0, 0.1) is 18.3 Å². The zero-order chi connectivity index (χ0) is 13.8. The summed E-state index contributed by atoms with van der Waals surface area (Å²) in [5.74, 6) is 0.188. The fourth-order valence-electron chi connectivity index (χ4n) is 1.84. The molecule has 0 saturated heterocycles. The van der Waals surface area contributed by atoms with Gasteiger partial charge in [-0.2, -0.15) is 5.26 Å². The Morgan fingerprint density at radius 2 is 2.05 bits per heavy atom. The van der Waals surface area contributed by atoms with E-state index in [1.54, 1.807) is 24.3 Å². The van der Waals surface area contributed by atoms with Gasteiger partial charge in [0.2, 0.25) is 0 Å². The van der Waals surface area contributed by atoms with Crippen LogP contribution in [0.3, 0.4) is 0 Å². The van der Waals surface area contributed by atoms with Gasteiger partial charge in [0.25, 0.3) is 0 Å². The van der Waals surface area contributed by atoms with Gasteiger partial charge in [0, 0.05) is 17.8 Å². The molecule has 2 rings (SSSR count). The van der Waals surface area contributed by atoms with Gasteiger partial charge in [-0.15, -0.1) is 0 Å². The van der Waals surface area contributed by atoms with Crippen molar-refractivity contribution in [3.63, 3.8) is 0 Å². The third-order valence-corrected chi connectivity index (χ3v) is 2.87. The van der Waals surface area contributed by atoms with Crippen LogP contribution in [-0.4, -0.2) is 5.11 Å². The molecule has 2 aromatic rings. The fourth-order valence-corrected chi connectivity index (χ4v) is 1.84. The summed E-state index contributed by atoms with van der Waals surface area (Å²) in [5, 5.41) is 21.9. The van der Waals surface area contributed by atoms with E-state index in [0.29, 0.717) is 23.4 Å². The van der Waals surface area contributed by atoms with Crippen LogP contribution in [0.4, 0.5) is 11.4 Å². The number of nitrogens with two attached hydrogens (primary N) is 1. The Morgan fingerprint density at radius 1 is 1.26 bits per heavy atom. The molecule has 19 heavy (non-hydrogen) atoms. The van der Waals surface area contributed by atoms with Crippen LogP contribution in [0.25, 0.3) is 0 Å². The van der Waals surface area contributed by atoms with Gasteiger partial charge >= 0.3 is 0 Å². The number of anilines is 2. The number of hydrogen-bond donors (Lipinski definition) is 3. The SMILES string of the molecule is Cc1ccc(C#N)c(NCc2cc(N)ccc2O)c1. The van der Waals surface area contributed by atoms with Crippen LogP contribution in [0.2, 0.25) is 0 Å². The molecule has 0 atom stereocenters. The number of nitriles is 1. The molecule has 4 heteroatoms. The summed E-state index contributed by atoms with van der Waals surface area (Å²) in [6.45, 7) is 2.37. The van der Waals surface area contributed by atoms with Crippen molar-refractivity contribution in [2.45, 2.75) is 13.5 Å². The molecule has 4 nitrogen and oxygen atoms in total. The maximum atomic E-state index is 9.73. The second-order valence-corrected chi connectivity index (χ2v) is 4.40. The lowest BCUT2D eigenvalue weighted by Crippen LogP contribution is -2.02. The van der Waals surface area contributed by atoms with Crippen molar-refractivity contribution in [3.8, 4) is 11.8 Å². The first-order valence-corrected chi connectivity index (χ1v) is 5.92. The van der Waals surface area contributed by atoms with Crippen molar-refractivity contribution in [2.75, 3.05) is 11.1 Å². The Labute approximate surface area is 112 Å². The Bertz CT molecular complexity index is 644. The topological polar surface area (TPSA) is 82.1 Å². The van der Waals surface area contributed by atoms with Gasteiger partial charge in [-0.25, -0.2) is 0 Å². The molecule has 0 amide bonds. The number of rotatable bonds is 3. The lowest BCUT2D eigenvalue weighted by Gasteiger charge is -2.11. The van der Waals surface area contributed by atoms with E-state index in [2.05, 4.69) is 11.4 Å². The summed E-state index contributed by atoms with van der Waals surface area (Å²) in [6, 6.07) is 12.6. The van der Waals surface area contributed by atoms with Gasteiger partial charge in [0.15, 0.2) is 0 Å². The Kier molecular flexibility index (Phi) is 3.58. The van der Waals surface area contributed by atoms with E-state index in [4.69, 9.17) is 11.0 Å². The normalized spacial score (nSPS) is 9.89. The molecule has 0 heterocycles. The number of phenols is 1. The predicted molar refractivity (Wildman–Crippen MR) is 75.7 cm³/mol. The quantitative estimate of drug-likeness (QED) is 0.580. The summed E-state index contributed by atoms with van der Waals surface area (Å²) >= 11 is 0. The van der Waals surface area contributed by atoms with Crippen LogP contribution in [0.5, 0.6) is 5.75 Å². The standard InChI is InChI=1S/C15H15N3O/c1-10-2-3-11(8-16)14(6-10)18-9-12-7-13(17)4-5-15(12)19/h2-7,18-19H,9,17H2,1H3. The van der Waals surface area contributed by atoms with Crippen molar-refractivity contribution >= 4 is 11.4 Å². The lowest BCUT2D eigenvalue weighted by molar-refractivity contribution is 0.469. The number of aryl methyl sites for hydroxylation is 1. The third-order valence-electron chi connectivity index (χ3n) is 2.87. The highest BCUT2D eigenvalue weighted by Crippen LogP contribution is 2.22. The first-order valence-electron chi connectivity index (χ1n) is 5.92. The number of aromatic hydroxyl groups is 1. The molecule has 0 aliphatic rings. The number of phenolic OH excluding ortho intramolecular Hbond substituents is 1. The Balaban J connectivity index is 2.21. The molecule has 0 aliphatic carbocycles. The fraction of sp³-hybridized carbons (Fsp3) is 0.133. The van der Waals surface area contributed by atoms with Gasteiger partial charge in [0.05, 0.1) is 11.3 Å². The summed E-state index contributed by atoms with van der Waals surface area (Å²) in [6.07, 6.45) is 0. The highest BCUT2D eigenvalue weighted by Gasteiger charge is 2.05. The highest BCUT2D eigenvalue weighted by molar-refractivity contribution is 5.59. The van der Waals surface area contributed by atoms with Crippen molar-refractivity contribution in [3.05, 3.63) is 53.1 Å². The van der Waals surface area contributed by atoms with E-state index in [1.165, 1.54) is 0 Å². The molecular formula is C15H15N3O. The second kappa shape index (κ2) is 5.32. The summed E-state index contributed by atoms with van der Waals surface area (Å²) in [7, 11) is 0. The number of hydrogen-bond acceptors (Lipinski definition) is 4. The average molecular weight is 253 g/mol. The van der Waals surface area contributed by atoms with Crippen LogP contribution in [-0.2, 0) is 6.54 Å². The largest absolute Gasteiger partial charge is 0.508 e. The minimum atomic E-state index is 0.188. The van der Waals surface area contributed by atoms with Crippen molar-refractivity contribution < 1.29 is 5.11 Å². The van der Waals surface area contributed by atoms with Crippen LogP contribution in [0.15, 0.2) is 36.4 Å². The molecule has 0 saturated carbocycles. The maximum absolute atomic E-state index is 9.73. The molecule has 0 radical (unpaired) electrons. The van der Waals surface area contributed by atoms with Gasteiger partial charge in [-0.05, 0) is 42.8 Å². The van der Waals surface area contributed by atoms with Crippen LogP contribution < -0.4 is 11.1 Å². The number of benzene rings is 2. The molecular weight excluding hydrogens is 238 g/mol. The molecule has 0 fully saturated rings. The third kappa shape index (κ3) is 2.96. The molecule has 96 valence electrons. The van der Waals surface area contributed by atoms with Crippen molar-refractivity contribution in [2.24, 2.45) is 0 Å². The second-order valence-electron chi connectivity index (χ2n) is 4.40. The maximum Gasteiger partial charge on any atom is 0.120 e. The smallest absolute Gasteiger partial charge is 0.120 e. The molecule has 0 spiro atoms. The van der Waals surface area contributed by atoms with Gasteiger partial charge in [-0.1, -0.05) is 6.07 Å². The van der Waals surface area contributed by atoms with Gasteiger partial charge in [0.1, 0.15) is 11.8 Å². The minimum absolute atomic E-state index is 0.188. The van der Waals surface area contributed by atoms with E-state index in [-0.39, 0.29) is 5.75 Å². The lowest BCUT2D eigenvalue weighted by atomic mass is 10.1. The van der Waals surface area contributed by atoms with Gasteiger partial charge < -0.3 is 16.2 Å². The number of nitrogen functional groups attached to an aromatic ring is 1. The van der Waals surface area contributed by atoms with Crippen molar-refractivity contribution in [1.82, 2.24) is 0 Å². The minimum Gasteiger partial charge on any atom is -0.508 e. The van der Waals surface area contributed by atoms with Crippen molar-refractivity contribution in [1.29, 1.82) is 5.26 Å². The molecule has 0 aromatic heterocycles. The van der Waals surface area contributed by atoms with E-state index in [0.717, 1.165) is 11.3 Å². The summed E-state index contributed by atoms with van der Waals surface area (Å²) in [4.78, 5) is 0. The Hall–Kier alpha value is -2.67. The Morgan fingerprint density at radius 3 is 2.79 bits per heavy atom. The predicted octanol–water partition coefficient (Wildman–Crippen LogP) is 2.77. The van der Waals surface area contributed by atoms with E-state index >= 15 is 0 Å². The molecule has 0 unspecified atom stereocenters. The summed E-state index contributed by atoms with van der Waals surface area (Å²) < 4.78 is 0. The molecule has 4 N–H and O–H groups in total. The first kappa shape index (κ1) is 12.8. The van der Waals surface area contributed by atoms with Crippen LogP contribution in [0.1, 0.15) is 16.7 Å². The molecule has 0 aliphatic heterocycles. The highest BCUT2D eigenvalue weighted by atomic mass is 16.3. The zero-order valence-electron chi connectivity index (χ0n) is 10.6. The molecule has 2 aromatic carbocycles. The number of nitrogens with zero attached hydrogens (tertiary/aromatic N) is 1. The van der Waals surface area contributed by atoms with E-state index in [9.17, 15) is 5.11 Å². The first-order chi connectivity index (χ1) is 9.10. The van der Waals surface area contributed by atoms with E-state index in [1.807, 2.05) is 19.1 Å². The summed E-state index contributed by atoms with van der Waals surface area (Å²) in [5.41, 5.74) is 9.38. The molecule has 0 bridgehead atoms. The van der Waals surface area contributed by atoms with E-state index < -0.39 is 0 Å². The number of nitrogens with one attached hydrogen (secondary N) is 1.